The smallest absolute Gasteiger partial charge is 0.240 e. The molecule has 0 spiro atoms. The minimum absolute atomic E-state index is 0. The third kappa shape index (κ3) is 5.73. The Hall–Kier alpha value is -1.15. The van der Waals surface area contributed by atoms with Gasteiger partial charge in [0.05, 0.1) is 5.54 Å². The lowest BCUT2D eigenvalue weighted by atomic mass is 9.90. The molecule has 6 nitrogen and oxygen atoms in total. The van der Waals surface area contributed by atoms with E-state index in [0.29, 0.717) is 26.1 Å². The van der Waals surface area contributed by atoms with Gasteiger partial charge in [0.2, 0.25) is 11.8 Å². The van der Waals surface area contributed by atoms with Gasteiger partial charge in [-0.25, -0.2) is 0 Å². The topological polar surface area (TPSA) is 93.5 Å². The molecule has 4 N–H and O–H groups in total. The van der Waals surface area contributed by atoms with Crippen molar-refractivity contribution >= 4 is 45.8 Å². The minimum atomic E-state index is -0.879. The molecule has 1 aliphatic rings. The third-order valence-corrected chi connectivity index (χ3v) is 4.44. The molecule has 0 radical (unpaired) electrons. The predicted molar refractivity (Wildman–Crippen MR) is 99.4 cm³/mol. The maximum Gasteiger partial charge on any atom is 0.240 e. The molecule has 1 aliphatic heterocycles. The van der Waals surface area contributed by atoms with Gasteiger partial charge in [-0.05, 0) is 37.5 Å². The maximum absolute atomic E-state index is 12.1. The fraction of sp³-hybridized carbons (Fsp3) is 0.500. The highest BCUT2D eigenvalue weighted by atomic mass is 79.9. The van der Waals surface area contributed by atoms with Crippen LogP contribution in [0.4, 0.5) is 5.69 Å². The largest absolute Gasteiger partial charge is 0.381 e. The van der Waals surface area contributed by atoms with Crippen molar-refractivity contribution in [2.24, 2.45) is 5.73 Å². The first-order valence-corrected chi connectivity index (χ1v) is 8.41. The van der Waals surface area contributed by atoms with Crippen LogP contribution in [0, 0.1) is 6.92 Å². The standard InChI is InChI=1S/C16H22BrN3O3.ClH/c1-11-2-3-12(17)10-13(11)20-14(21)4-7-19-15(22)16(18)5-8-23-9-6-16;/h2-3,10H,4-9,18H2,1H3,(H,19,22)(H,20,21);1H. The van der Waals surface area contributed by atoms with Crippen LogP contribution in [-0.4, -0.2) is 37.1 Å². The van der Waals surface area contributed by atoms with Crippen molar-refractivity contribution in [1.29, 1.82) is 0 Å². The number of aryl methyl sites for hydroxylation is 1. The molecule has 8 heteroatoms. The van der Waals surface area contributed by atoms with Gasteiger partial charge in [0.1, 0.15) is 0 Å². The summed E-state index contributed by atoms with van der Waals surface area (Å²) in [5.74, 6) is -0.364. The number of benzene rings is 1. The lowest BCUT2D eigenvalue weighted by molar-refractivity contribution is -0.129. The summed E-state index contributed by atoms with van der Waals surface area (Å²) < 4.78 is 6.12. The lowest BCUT2D eigenvalue weighted by Gasteiger charge is -2.31. The van der Waals surface area contributed by atoms with Crippen LogP contribution in [0.1, 0.15) is 24.8 Å². The highest BCUT2D eigenvalue weighted by molar-refractivity contribution is 9.10. The predicted octanol–water partition coefficient (Wildman–Crippen LogP) is 2.13. The van der Waals surface area contributed by atoms with Crippen LogP contribution in [0.15, 0.2) is 22.7 Å². The number of carbonyl (C=O) groups is 2. The monoisotopic (exact) mass is 419 g/mol. The van der Waals surface area contributed by atoms with E-state index in [4.69, 9.17) is 10.5 Å². The fourth-order valence-corrected chi connectivity index (χ4v) is 2.73. The van der Waals surface area contributed by atoms with Gasteiger partial charge in [-0.15, -0.1) is 12.4 Å². The van der Waals surface area contributed by atoms with Crippen molar-refractivity contribution < 1.29 is 14.3 Å². The van der Waals surface area contributed by atoms with Gasteiger partial charge in [-0.3, -0.25) is 9.59 Å². The van der Waals surface area contributed by atoms with Crippen molar-refractivity contribution in [3.05, 3.63) is 28.2 Å². The second-order valence-corrected chi connectivity index (χ2v) is 6.70. The van der Waals surface area contributed by atoms with E-state index < -0.39 is 5.54 Å². The number of anilines is 1. The van der Waals surface area contributed by atoms with E-state index in [1.54, 1.807) is 0 Å². The molecule has 1 heterocycles. The van der Waals surface area contributed by atoms with Crippen LogP contribution < -0.4 is 16.4 Å². The van der Waals surface area contributed by atoms with E-state index in [1.165, 1.54) is 0 Å². The molecule has 1 fully saturated rings. The summed E-state index contributed by atoms with van der Waals surface area (Å²) in [6.45, 7) is 3.17. The maximum atomic E-state index is 12.1. The average molecular weight is 421 g/mol. The van der Waals surface area contributed by atoms with E-state index in [1.807, 2.05) is 25.1 Å². The lowest BCUT2D eigenvalue weighted by Crippen LogP contribution is -2.57. The summed E-state index contributed by atoms with van der Waals surface area (Å²) in [5.41, 5.74) is 6.94. The molecule has 0 saturated carbocycles. The summed E-state index contributed by atoms with van der Waals surface area (Å²) in [4.78, 5) is 24.1. The van der Waals surface area contributed by atoms with Gasteiger partial charge in [-0.2, -0.15) is 0 Å². The van der Waals surface area contributed by atoms with E-state index in [-0.39, 0.29) is 37.2 Å². The van der Waals surface area contributed by atoms with Gasteiger partial charge in [0, 0.05) is 36.3 Å². The van der Waals surface area contributed by atoms with Crippen LogP contribution in [0.25, 0.3) is 0 Å². The molecule has 24 heavy (non-hydrogen) atoms. The number of halogens is 2. The highest BCUT2D eigenvalue weighted by Gasteiger charge is 2.35. The zero-order valence-corrected chi connectivity index (χ0v) is 16.0. The van der Waals surface area contributed by atoms with E-state index in [2.05, 4.69) is 26.6 Å². The Morgan fingerprint density at radius 2 is 2.00 bits per heavy atom. The van der Waals surface area contributed by atoms with Gasteiger partial charge in [0.15, 0.2) is 0 Å². The Morgan fingerprint density at radius 1 is 1.33 bits per heavy atom. The molecule has 134 valence electrons. The number of ether oxygens (including phenoxy) is 1. The number of carbonyl (C=O) groups excluding carboxylic acids is 2. The van der Waals surface area contributed by atoms with Crippen molar-refractivity contribution in [2.45, 2.75) is 31.7 Å². The molecule has 1 aromatic rings. The Morgan fingerprint density at radius 3 is 2.67 bits per heavy atom. The van der Waals surface area contributed by atoms with Crippen molar-refractivity contribution in [2.75, 3.05) is 25.1 Å². The number of nitrogens with two attached hydrogens (primary N) is 1. The molecule has 1 aromatic carbocycles. The quantitative estimate of drug-likeness (QED) is 0.680. The fourth-order valence-electron chi connectivity index (χ4n) is 2.37. The van der Waals surface area contributed by atoms with Crippen molar-refractivity contribution in [3.63, 3.8) is 0 Å². The normalized spacial score (nSPS) is 16.0. The van der Waals surface area contributed by atoms with E-state index in [0.717, 1.165) is 15.7 Å². The molecule has 0 aromatic heterocycles. The van der Waals surface area contributed by atoms with Crippen LogP contribution in [0.2, 0.25) is 0 Å². The van der Waals surface area contributed by atoms with Crippen LogP contribution >= 0.6 is 28.3 Å². The third-order valence-electron chi connectivity index (χ3n) is 3.95. The summed E-state index contributed by atoms with van der Waals surface area (Å²) in [5, 5.41) is 5.59. The van der Waals surface area contributed by atoms with E-state index >= 15 is 0 Å². The molecule has 1 saturated heterocycles. The first-order chi connectivity index (χ1) is 10.9. The number of hydrogen-bond donors (Lipinski definition) is 3. The van der Waals surface area contributed by atoms with Crippen molar-refractivity contribution in [1.82, 2.24) is 5.32 Å². The highest BCUT2D eigenvalue weighted by Crippen LogP contribution is 2.21. The molecule has 0 aliphatic carbocycles. The zero-order chi connectivity index (χ0) is 16.9. The van der Waals surface area contributed by atoms with Gasteiger partial charge < -0.3 is 21.1 Å². The molecular weight excluding hydrogens is 398 g/mol. The molecule has 0 unspecified atom stereocenters. The minimum Gasteiger partial charge on any atom is -0.381 e. The second kappa shape index (κ2) is 9.36. The second-order valence-electron chi connectivity index (χ2n) is 5.78. The zero-order valence-electron chi connectivity index (χ0n) is 13.6. The molecular formula is C16H23BrClN3O3. The molecule has 2 amide bonds. The Kier molecular flexibility index (Phi) is 8.15. The van der Waals surface area contributed by atoms with Gasteiger partial charge >= 0.3 is 0 Å². The molecule has 2 rings (SSSR count). The average Bonchev–Trinajstić information content (AvgIpc) is 2.51. The van der Waals surface area contributed by atoms with Crippen LogP contribution in [0.5, 0.6) is 0 Å². The number of amides is 2. The first kappa shape index (κ1) is 20.9. The van der Waals surface area contributed by atoms with Gasteiger partial charge in [0.25, 0.3) is 0 Å². The Labute approximate surface area is 156 Å². The summed E-state index contributed by atoms with van der Waals surface area (Å²) in [6.07, 6.45) is 1.20. The number of rotatable bonds is 5. The molecule has 0 bridgehead atoms. The van der Waals surface area contributed by atoms with Crippen LogP contribution in [-0.2, 0) is 14.3 Å². The number of hydrogen-bond acceptors (Lipinski definition) is 4. The summed E-state index contributed by atoms with van der Waals surface area (Å²) in [7, 11) is 0. The Bertz CT molecular complexity index is 592. The first-order valence-electron chi connectivity index (χ1n) is 7.62. The van der Waals surface area contributed by atoms with Crippen molar-refractivity contribution in [3.8, 4) is 0 Å². The SMILES string of the molecule is Cc1ccc(Br)cc1NC(=O)CCNC(=O)C1(N)CCOCC1.Cl. The van der Waals surface area contributed by atoms with E-state index in [9.17, 15) is 9.59 Å². The summed E-state index contributed by atoms with van der Waals surface area (Å²) >= 11 is 3.38. The Balaban J connectivity index is 0.00000288. The number of nitrogens with one attached hydrogen (secondary N) is 2. The summed E-state index contributed by atoms with van der Waals surface area (Å²) in [6, 6.07) is 5.69. The van der Waals surface area contributed by atoms with Gasteiger partial charge in [-0.1, -0.05) is 22.0 Å². The van der Waals surface area contributed by atoms with Crippen LogP contribution in [0.3, 0.4) is 0 Å². The molecule has 0 atom stereocenters.